The van der Waals surface area contributed by atoms with Crippen LogP contribution in [0.3, 0.4) is 0 Å². The van der Waals surface area contributed by atoms with Crippen molar-refractivity contribution in [1.82, 2.24) is 14.7 Å². The Labute approximate surface area is 193 Å². The highest BCUT2D eigenvalue weighted by molar-refractivity contribution is 5.95. The number of imidazole rings is 1. The number of ether oxygens (including phenoxy) is 2. The summed E-state index contributed by atoms with van der Waals surface area (Å²) in [6, 6.07) is 2.85. The summed E-state index contributed by atoms with van der Waals surface area (Å²) in [5.74, 6) is -3.49. The average molecular weight is 489 g/mol. The molecule has 4 rings (SSSR count). The largest absolute Gasteiger partial charge is 0.435 e. The zero-order valence-electron chi connectivity index (χ0n) is 18.9. The molecule has 0 aromatic carbocycles. The smallest absolute Gasteiger partial charge is 0.379 e. The molecule has 1 N–H and O–H groups in total. The molecule has 6 nitrogen and oxygen atoms in total. The van der Waals surface area contributed by atoms with Crippen molar-refractivity contribution in [3.63, 3.8) is 0 Å². The fraction of sp³-hybridized carbons (Fsp3) is 0.652. The van der Waals surface area contributed by atoms with Gasteiger partial charge in [0.05, 0.1) is 32.1 Å². The third-order valence-corrected chi connectivity index (χ3v) is 6.48. The van der Waals surface area contributed by atoms with Gasteiger partial charge in [-0.1, -0.05) is 0 Å². The number of pyridine rings is 1. The van der Waals surface area contributed by atoms with Crippen LogP contribution in [0, 0.1) is 18.8 Å². The number of nitrogens with zero attached hydrogens (tertiary/aromatic N) is 2. The summed E-state index contributed by atoms with van der Waals surface area (Å²) >= 11 is 0. The van der Waals surface area contributed by atoms with Crippen LogP contribution in [-0.4, -0.2) is 54.2 Å². The van der Waals surface area contributed by atoms with Crippen molar-refractivity contribution in [2.24, 2.45) is 11.8 Å². The van der Waals surface area contributed by atoms with Crippen molar-refractivity contribution < 1.29 is 36.2 Å². The molecule has 2 aromatic rings. The predicted molar refractivity (Wildman–Crippen MR) is 113 cm³/mol. The van der Waals surface area contributed by atoms with Crippen LogP contribution < -0.4 is 5.32 Å². The zero-order valence-corrected chi connectivity index (χ0v) is 18.9. The second kappa shape index (κ2) is 9.77. The first-order valence-corrected chi connectivity index (χ1v) is 11.4. The number of fused-ring (bicyclic) bond motifs is 1. The van der Waals surface area contributed by atoms with Crippen molar-refractivity contribution in [3.8, 4) is 0 Å². The van der Waals surface area contributed by atoms with E-state index < -0.39 is 23.7 Å². The van der Waals surface area contributed by atoms with Crippen LogP contribution in [0.5, 0.6) is 0 Å². The number of alkyl halides is 5. The lowest BCUT2D eigenvalue weighted by atomic mass is 9.83. The topological polar surface area (TPSA) is 64.9 Å². The second-order valence-electron chi connectivity index (χ2n) is 9.21. The van der Waals surface area contributed by atoms with E-state index in [1.807, 2.05) is 0 Å². The van der Waals surface area contributed by atoms with E-state index in [-0.39, 0.29) is 60.8 Å². The van der Waals surface area contributed by atoms with E-state index in [0.29, 0.717) is 38.7 Å². The van der Waals surface area contributed by atoms with Crippen LogP contribution in [-0.2, 0) is 22.1 Å². The van der Waals surface area contributed by atoms with E-state index in [4.69, 9.17) is 9.47 Å². The minimum absolute atomic E-state index is 0.000152. The van der Waals surface area contributed by atoms with Gasteiger partial charge in [-0.3, -0.25) is 4.79 Å². The summed E-state index contributed by atoms with van der Waals surface area (Å²) in [6.07, 6.45) is -5.03. The number of halogens is 5. The average Bonchev–Trinajstić information content (AvgIpc) is 2.95. The summed E-state index contributed by atoms with van der Waals surface area (Å²) < 4.78 is 80.7. The van der Waals surface area contributed by atoms with E-state index in [2.05, 4.69) is 10.3 Å². The number of nitrogens with one attached hydrogen (secondary N) is 1. The second-order valence-corrected chi connectivity index (χ2v) is 9.21. The Morgan fingerprint density at radius 1 is 1.15 bits per heavy atom. The minimum atomic E-state index is -4.70. The van der Waals surface area contributed by atoms with Crippen LogP contribution >= 0.6 is 0 Å². The lowest BCUT2D eigenvalue weighted by Gasteiger charge is -2.28. The molecule has 1 aliphatic heterocycles. The van der Waals surface area contributed by atoms with E-state index in [9.17, 15) is 26.7 Å². The first-order valence-electron chi connectivity index (χ1n) is 11.4. The Balaban J connectivity index is 1.57. The number of carbonyl (C=O) groups excluding carboxylic acids is 1. The molecule has 1 aliphatic carbocycles. The van der Waals surface area contributed by atoms with Gasteiger partial charge in [0.2, 0.25) is 5.92 Å². The number of hydrogen-bond acceptors (Lipinski definition) is 4. The first kappa shape index (κ1) is 24.8. The van der Waals surface area contributed by atoms with E-state index in [1.54, 1.807) is 6.92 Å². The van der Waals surface area contributed by atoms with Crippen LogP contribution in [0.2, 0.25) is 0 Å². The van der Waals surface area contributed by atoms with Crippen molar-refractivity contribution in [2.45, 2.75) is 51.1 Å². The molecule has 11 heteroatoms. The Hall–Kier alpha value is -2.27. The summed E-state index contributed by atoms with van der Waals surface area (Å²) in [7, 11) is 0. The van der Waals surface area contributed by atoms with Gasteiger partial charge in [0.15, 0.2) is 5.69 Å². The zero-order chi connectivity index (χ0) is 24.5. The molecule has 2 fully saturated rings. The molecule has 0 bridgehead atoms. The third kappa shape index (κ3) is 5.68. The SMILES string of the molecule is Cc1cc(C(=O)NCC2COCCOC2)cc2nc(C(F)(F)F)c(CC3CCC(F)(F)CC3)n12. The number of hydrogen-bond donors (Lipinski definition) is 1. The first-order chi connectivity index (χ1) is 16.0. The maximum atomic E-state index is 13.8. The van der Waals surface area contributed by atoms with Crippen molar-refractivity contribution in [2.75, 3.05) is 33.0 Å². The molecule has 188 valence electrons. The van der Waals surface area contributed by atoms with E-state index in [1.165, 1.54) is 16.5 Å². The number of aromatic nitrogens is 2. The van der Waals surface area contributed by atoms with Gasteiger partial charge in [-0.15, -0.1) is 0 Å². The van der Waals surface area contributed by atoms with Gasteiger partial charge in [-0.05, 0) is 44.2 Å². The molecule has 2 aromatic heterocycles. The van der Waals surface area contributed by atoms with Gasteiger partial charge in [0.25, 0.3) is 5.91 Å². The molecule has 0 spiro atoms. The Bertz CT molecular complexity index is 1020. The highest BCUT2D eigenvalue weighted by atomic mass is 19.4. The van der Waals surface area contributed by atoms with Crippen molar-refractivity contribution >= 4 is 11.6 Å². The quantitative estimate of drug-likeness (QED) is 0.632. The predicted octanol–water partition coefficient (Wildman–Crippen LogP) is 4.42. The molecule has 0 unspecified atom stereocenters. The third-order valence-electron chi connectivity index (χ3n) is 6.48. The van der Waals surface area contributed by atoms with Crippen LogP contribution in [0.4, 0.5) is 22.0 Å². The highest BCUT2D eigenvalue weighted by Crippen LogP contribution is 2.40. The molecular weight excluding hydrogens is 461 g/mol. The monoisotopic (exact) mass is 489 g/mol. The van der Waals surface area contributed by atoms with Gasteiger partial charge in [0, 0.05) is 36.6 Å². The molecule has 1 amide bonds. The fourth-order valence-electron chi connectivity index (χ4n) is 4.68. The fourth-order valence-corrected chi connectivity index (χ4v) is 4.68. The van der Waals surface area contributed by atoms with Crippen molar-refractivity contribution in [1.29, 1.82) is 0 Å². The lowest BCUT2D eigenvalue weighted by molar-refractivity contribution is -0.141. The Kier molecular flexibility index (Phi) is 7.14. The van der Waals surface area contributed by atoms with Crippen LogP contribution in [0.25, 0.3) is 5.65 Å². The maximum Gasteiger partial charge on any atom is 0.435 e. The number of amides is 1. The Morgan fingerprint density at radius 3 is 2.41 bits per heavy atom. The van der Waals surface area contributed by atoms with Gasteiger partial charge in [0.1, 0.15) is 5.65 Å². The van der Waals surface area contributed by atoms with Gasteiger partial charge in [-0.2, -0.15) is 13.2 Å². The minimum Gasteiger partial charge on any atom is -0.379 e. The lowest BCUT2D eigenvalue weighted by Crippen LogP contribution is -2.32. The van der Waals surface area contributed by atoms with E-state index >= 15 is 0 Å². The van der Waals surface area contributed by atoms with Gasteiger partial charge in [-0.25, -0.2) is 13.8 Å². The molecule has 34 heavy (non-hydrogen) atoms. The summed E-state index contributed by atoms with van der Waals surface area (Å²) in [5, 5.41) is 2.78. The molecule has 0 atom stereocenters. The molecule has 0 radical (unpaired) electrons. The molecule has 3 heterocycles. The molecular formula is C23H28F5N3O3. The molecule has 1 saturated carbocycles. The van der Waals surface area contributed by atoms with Crippen LogP contribution in [0.1, 0.15) is 53.1 Å². The standard InChI is InChI=1S/C23H28F5N3O3/c1-14-8-17(21(32)29-11-16-12-33-6-7-34-13-16)10-19-30-20(23(26,27)28)18(31(14)19)9-15-2-4-22(24,25)5-3-15/h8,10,15-16H,2-7,9,11-13H2,1H3,(H,29,32). The number of carbonyl (C=O) groups is 1. The molecule has 1 saturated heterocycles. The summed E-state index contributed by atoms with van der Waals surface area (Å²) in [6.45, 7) is 3.80. The normalized spacial score (nSPS) is 20.4. The highest BCUT2D eigenvalue weighted by Gasteiger charge is 2.40. The Morgan fingerprint density at radius 2 is 1.79 bits per heavy atom. The summed E-state index contributed by atoms with van der Waals surface area (Å²) in [4.78, 5) is 16.5. The van der Waals surface area contributed by atoms with Crippen LogP contribution in [0.15, 0.2) is 12.1 Å². The van der Waals surface area contributed by atoms with Gasteiger partial charge < -0.3 is 19.2 Å². The molecule has 2 aliphatic rings. The van der Waals surface area contributed by atoms with E-state index in [0.717, 1.165) is 0 Å². The van der Waals surface area contributed by atoms with Gasteiger partial charge >= 0.3 is 6.18 Å². The number of aryl methyl sites for hydroxylation is 1. The van der Waals surface area contributed by atoms with Crippen molar-refractivity contribution in [3.05, 3.63) is 34.8 Å². The summed E-state index contributed by atoms with van der Waals surface area (Å²) in [5.41, 5.74) is -0.450. The number of rotatable bonds is 5. The maximum absolute atomic E-state index is 13.8.